The van der Waals surface area contributed by atoms with E-state index >= 15 is 0 Å². The lowest BCUT2D eigenvalue weighted by atomic mass is 10.1. The van der Waals surface area contributed by atoms with Gasteiger partial charge in [0.2, 0.25) is 0 Å². The van der Waals surface area contributed by atoms with Gasteiger partial charge in [0.05, 0.1) is 4.88 Å². The Labute approximate surface area is 91.8 Å². The number of hydrogen-bond donors (Lipinski definition) is 1. The molecule has 0 bridgehead atoms. The number of benzene rings is 1. The Kier molecular flexibility index (Phi) is 2.83. The second-order valence-corrected chi connectivity index (χ2v) is 4.19. The van der Waals surface area contributed by atoms with Crippen LogP contribution in [0.4, 0.5) is 0 Å². The molecular weight excluding hydrogens is 208 g/mol. The van der Waals surface area contributed by atoms with Crippen LogP contribution in [0.15, 0.2) is 41.8 Å². The summed E-state index contributed by atoms with van der Waals surface area (Å²) in [4.78, 5) is 12.5. The Balaban J connectivity index is 2.09. The Morgan fingerprint density at radius 1 is 1.20 bits per heavy atom. The smallest absolute Gasteiger partial charge is 0.177 e. The van der Waals surface area contributed by atoms with Crippen LogP contribution in [0.3, 0.4) is 0 Å². The highest BCUT2D eigenvalue weighted by molar-refractivity contribution is 7.12. The quantitative estimate of drug-likeness (QED) is 0.804. The Hall–Kier alpha value is -1.61. The number of carbonyl (C=O) groups is 1. The van der Waals surface area contributed by atoms with E-state index in [1.807, 2.05) is 17.5 Å². The number of carbonyl (C=O) groups excluding carboxylic acids is 1. The van der Waals surface area contributed by atoms with Crippen LogP contribution >= 0.6 is 11.3 Å². The minimum atomic E-state index is 0.121. The number of phenolic OH excluding ortho intramolecular Hbond substituents is 1. The molecule has 0 aliphatic carbocycles. The number of hydrogen-bond acceptors (Lipinski definition) is 3. The van der Waals surface area contributed by atoms with Gasteiger partial charge in [-0.25, -0.2) is 0 Å². The van der Waals surface area contributed by atoms with Crippen molar-refractivity contribution in [2.24, 2.45) is 0 Å². The number of ketones is 1. The fraction of sp³-hybridized carbons (Fsp3) is 0.0833. The van der Waals surface area contributed by atoms with Gasteiger partial charge in [-0.2, -0.15) is 0 Å². The van der Waals surface area contributed by atoms with Gasteiger partial charge < -0.3 is 5.11 Å². The monoisotopic (exact) mass is 218 g/mol. The first kappa shape index (κ1) is 9.93. The summed E-state index contributed by atoms with van der Waals surface area (Å²) in [6, 6.07) is 10.4. The van der Waals surface area contributed by atoms with Crippen molar-refractivity contribution in [2.75, 3.05) is 0 Å². The minimum absolute atomic E-state index is 0.121. The molecule has 3 heteroatoms. The van der Waals surface area contributed by atoms with E-state index in [1.54, 1.807) is 24.3 Å². The van der Waals surface area contributed by atoms with Gasteiger partial charge in [0.25, 0.3) is 0 Å². The summed E-state index contributed by atoms with van der Waals surface area (Å²) in [5.41, 5.74) is 0.922. The standard InChI is InChI=1S/C12H10O2S/c13-10-5-3-9(4-6-10)8-11(14)12-2-1-7-15-12/h1-7,13H,8H2. The van der Waals surface area contributed by atoms with Crippen LogP contribution in [0.2, 0.25) is 0 Å². The highest BCUT2D eigenvalue weighted by Gasteiger charge is 2.07. The number of phenols is 1. The molecule has 0 unspecified atom stereocenters. The van der Waals surface area contributed by atoms with E-state index < -0.39 is 0 Å². The lowest BCUT2D eigenvalue weighted by Gasteiger charge is -1.99. The highest BCUT2D eigenvalue weighted by atomic mass is 32.1. The molecule has 0 aliphatic heterocycles. The van der Waals surface area contributed by atoms with E-state index in [9.17, 15) is 4.79 Å². The molecule has 76 valence electrons. The fourth-order valence-corrected chi connectivity index (χ4v) is 1.99. The minimum Gasteiger partial charge on any atom is -0.508 e. The van der Waals surface area contributed by atoms with Crippen molar-refractivity contribution in [2.45, 2.75) is 6.42 Å². The van der Waals surface area contributed by atoms with Crippen LogP contribution in [-0.4, -0.2) is 10.9 Å². The van der Waals surface area contributed by atoms with E-state index in [2.05, 4.69) is 0 Å². The molecule has 1 heterocycles. The van der Waals surface area contributed by atoms with Crippen molar-refractivity contribution in [3.63, 3.8) is 0 Å². The van der Waals surface area contributed by atoms with Crippen LogP contribution < -0.4 is 0 Å². The zero-order chi connectivity index (χ0) is 10.7. The van der Waals surface area contributed by atoms with E-state index in [4.69, 9.17) is 5.11 Å². The number of aromatic hydroxyl groups is 1. The molecule has 1 aromatic carbocycles. The number of Topliss-reactive ketones (excluding diaryl/α,β-unsaturated/α-hetero) is 1. The third-order valence-corrected chi connectivity index (χ3v) is 3.01. The molecule has 2 nitrogen and oxygen atoms in total. The Morgan fingerprint density at radius 3 is 2.53 bits per heavy atom. The average Bonchev–Trinajstić information content (AvgIpc) is 2.74. The van der Waals surface area contributed by atoms with E-state index in [0.717, 1.165) is 10.4 Å². The van der Waals surface area contributed by atoms with Crippen molar-refractivity contribution in [1.82, 2.24) is 0 Å². The first-order valence-electron chi connectivity index (χ1n) is 4.60. The third kappa shape index (κ3) is 2.44. The summed E-state index contributed by atoms with van der Waals surface area (Å²) in [7, 11) is 0. The summed E-state index contributed by atoms with van der Waals surface area (Å²) >= 11 is 1.45. The van der Waals surface area contributed by atoms with Crippen LogP contribution in [-0.2, 0) is 6.42 Å². The van der Waals surface area contributed by atoms with Crippen molar-refractivity contribution >= 4 is 17.1 Å². The molecule has 0 spiro atoms. The van der Waals surface area contributed by atoms with Gasteiger partial charge in [0.1, 0.15) is 5.75 Å². The van der Waals surface area contributed by atoms with E-state index in [1.165, 1.54) is 11.3 Å². The molecule has 0 amide bonds. The number of rotatable bonds is 3. The van der Waals surface area contributed by atoms with Crippen molar-refractivity contribution in [3.8, 4) is 5.75 Å². The topological polar surface area (TPSA) is 37.3 Å². The van der Waals surface area contributed by atoms with Gasteiger partial charge in [-0.1, -0.05) is 18.2 Å². The summed E-state index contributed by atoms with van der Waals surface area (Å²) in [6.07, 6.45) is 0.390. The Bertz CT molecular complexity index is 443. The van der Waals surface area contributed by atoms with Gasteiger partial charge >= 0.3 is 0 Å². The predicted molar refractivity (Wildman–Crippen MR) is 60.5 cm³/mol. The SMILES string of the molecule is O=C(Cc1ccc(O)cc1)c1cccs1. The van der Waals surface area contributed by atoms with Gasteiger partial charge in [-0.05, 0) is 29.1 Å². The zero-order valence-corrected chi connectivity index (χ0v) is 8.83. The maximum Gasteiger partial charge on any atom is 0.177 e. The molecule has 0 saturated carbocycles. The molecule has 0 radical (unpaired) electrons. The first-order chi connectivity index (χ1) is 7.25. The summed E-state index contributed by atoms with van der Waals surface area (Å²) < 4.78 is 0. The summed E-state index contributed by atoms with van der Waals surface area (Å²) in [5.74, 6) is 0.345. The van der Waals surface area contributed by atoms with Crippen molar-refractivity contribution in [1.29, 1.82) is 0 Å². The normalized spacial score (nSPS) is 10.1. The molecule has 2 aromatic rings. The predicted octanol–water partition coefficient (Wildman–Crippen LogP) is 2.88. The largest absolute Gasteiger partial charge is 0.508 e. The average molecular weight is 218 g/mol. The molecule has 1 aromatic heterocycles. The molecule has 0 saturated heterocycles. The van der Waals surface area contributed by atoms with Gasteiger partial charge in [0.15, 0.2) is 5.78 Å². The molecule has 1 N–H and O–H groups in total. The fourth-order valence-electron chi connectivity index (χ4n) is 1.32. The summed E-state index contributed by atoms with van der Waals surface area (Å²) in [6.45, 7) is 0. The molecule has 0 atom stereocenters. The second-order valence-electron chi connectivity index (χ2n) is 3.24. The lowest BCUT2D eigenvalue weighted by Crippen LogP contribution is -2.00. The van der Waals surface area contributed by atoms with Gasteiger partial charge in [0, 0.05) is 6.42 Å². The molecule has 2 rings (SSSR count). The highest BCUT2D eigenvalue weighted by Crippen LogP contribution is 2.15. The van der Waals surface area contributed by atoms with Crippen LogP contribution in [0.1, 0.15) is 15.2 Å². The van der Waals surface area contributed by atoms with Crippen molar-refractivity contribution < 1.29 is 9.90 Å². The zero-order valence-electron chi connectivity index (χ0n) is 8.01. The van der Waals surface area contributed by atoms with Crippen molar-refractivity contribution in [3.05, 3.63) is 52.2 Å². The van der Waals surface area contributed by atoms with Gasteiger partial charge in [-0.15, -0.1) is 11.3 Å². The first-order valence-corrected chi connectivity index (χ1v) is 5.48. The molecule has 0 fully saturated rings. The van der Waals surface area contributed by atoms with E-state index in [0.29, 0.717) is 6.42 Å². The van der Waals surface area contributed by atoms with E-state index in [-0.39, 0.29) is 11.5 Å². The lowest BCUT2D eigenvalue weighted by molar-refractivity contribution is 0.0997. The Morgan fingerprint density at radius 2 is 1.93 bits per heavy atom. The van der Waals surface area contributed by atoms with Crippen LogP contribution in [0.25, 0.3) is 0 Å². The molecular formula is C12H10O2S. The van der Waals surface area contributed by atoms with Gasteiger partial charge in [-0.3, -0.25) is 4.79 Å². The molecule has 0 aliphatic rings. The van der Waals surface area contributed by atoms with Crippen LogP contribution in [0.5, 0.6) is 5.75 Å². The maximum absolute atomic E-state index is 11.7. The molecule has 15 heavy (non-hydrogen) atoms. The number of thiophene rings is 1. The summed E-state index contributed by atoms with van der Waals surface area (Å²) in [5, 5.41) is 11.0. The second kappa shape index (κ2) is 4.28. The maximum atomic E-state index is 11.7. The van der Waals surface area contributed by atoms with Crippen LogP contribution in [0, 0.1) is 0 Å². The third-order valence-electron chi connectivity index (χ3n) is 2.10.